The molecule has 0 N–H and O–H groups in total. The lowest BCUT2D eigenvalue weighted by molar-refractivity contribution is -0.870. The molecule has 0 saturated carbocycles. The highest BCUT2D eigenvalue weighted by atomic mass is 16.5. The first-order valence-corrected chi connectivity index (χ1v) is 4.58. The Hall–Kier alpha value is -1.36. The molecular formula is C12H25NO4. The van der Waals surface area contributed by atoms with Crippen LogP contribution in [0.25, 0.3) is 0 Å². The Balaban J connectivity index is -0.000000980. The third-order valence-electron chi connectivity index (χ3n) is 1.56. The van der Waals surface area contributed by atoms with Gasteiger partial charge in [0, 0.05) is 12.2 Å². The first-order valence-electron chi connectivity index (χ1n) is 4.58. The van der Waals surface area contributed by atoms with E-state index >= 15 is 0 Å². The number of likely N-dealkylation sites (N-methyl/N-ethyl adjacent to an activating group) is 1. The van der Waals surface area contributed by atoms with Crippen molar-refractivity contribution in [3.63, 3.8) is 0 Å². The molecule has 0 aliphatic heterocycles. The maximum Gasteiger partial charge on any atom is 0.331 e. The van der Waals surface area contributed by atoms with Gasteiger partial charge in [-0.3, -0.25) is 0 Å². The fraction of sp³-hybridized carbons (Fsp3) is 0.583. The molecule has 0 aromatic rings. The minimum absolute atomic E-state index is 0. The van der Waals surface area contributed by atoms with E-state index in [0.717, 1.165) is 18.7 Å². The number of carbonyl (C=O) groups is 2. The standard InChI is InChI=1S/C10H18NO4.CH4.CH3/c1-11(2,3)7-8-15-10(13)6-5-9(12)14-4;;/h5-6H,7-8H2,1-4H3;1H4;1H3/q+1;;-1/b6-5+;;. The van der Waals surface area contributed by atoms with Crippen molar-refractivity contribution < 1.29 is 23.5 Å². The number of hydrogen-bond acceptors (Lipinski definition) is 4. The second kappa shape index (κ2) is 9.84. The van der Waals surface area contributed by atoms with E-state index in [1.807, 2.05) is 21.1 Å². The summed E-state index contributed by atoms with van der Waals surface area (Å²) in [5, 5.41) is 0. The van der Waals surface area contributed by atoms with Crippen LogP contribution in [-0.4, -0.2) is 57.8 Å². The minimum Gasteiger partial charge on any atom is -0.466 e. The molecule has 0 radical (unpaired) electrons. The maximum absolute atomic E-state index is 11.0. The van der Waals surface area contributed by atoms with Crippen molar-refractivity contribution in [2.75, 3.05) is 41.4 Å². The van der Waals surface area contributed by atoms with Crippen LogP contribution in [0.2, 0.25) is 0 Å². The van der Waals surface area contributed by atoms with Crippen LogP contribution in [0.3, 0.4) is 0 Å². The van der Waals surface area contributed by atoms with E-state index in [4.69, 9.17) is 4.74 Å². The molecule has 0 amide bonds. The fourth-order valence-electron chi connectivity index (χ4n) is 0.672. The van der Waals surface area contributed by atoms with Gasteiger partial charge in [0.1, 0.15) is 13.2 Å². The average molecular weight is 247 g/mol. The zero-order chi connectivity index (χ0) is 11.9. The number of quaternary nitrogens is 1. The van der Waals surface area contributed by atoms with Crippen molar-refractivity contribution in [3.8, 4) is 0 Å². The minimum atomic E-state index is -0.571. The van der Waals surface area contributed by atoms with Crippen LogP contribution in [0, 0.1) is 7.43 Å². The van der Waals surface area contributed by atoms with Crippen LogP contribution in [0.15, 0.2) is 12.2 Å². The monoisotopic (exact) mass is 247 g/mol. The van der Waals surface area contributed by atoms with E-state index < -0.39 is 11.9 Å². The lowest BCUT2D eigenvalue weighted by Gasteiger charge is -2.23. The molecule has 17 heavy (non-hydrogen) atoms. The van der Waals surface area contributed by atoms with Gasteiger partial charge < -0.3 is 21.4 Å². The second-order valence-electron chi connectivity index (χ2n) is 4.04. The fourth-order valence-corrected chi connectivity index (χ4v) is 0.672. The van der Waals surface area contributed by atoms with Gasteiger partial charge in [-0.05, 0) is 0 Å². The van der Waals surface area contributed by atoms with Crippen LogP contribution in [0.1, 0.15) is 7.43 Å². The summed E-state index contributed by atoms with van der Waals surface area (Å²) in [6.45, 7) is 1.05. The van der Waals surface area contributed by atoms with Crippen molar-refractivity contribution in [1.29, 1.82) is 0 Å². The topological polar surface area (TPSA) is 52.6 Å². The third-order valence-corrected chi connectivity index (χ3v) is 1.56. The summed E-state index contributed by atoms with van der Waals surface area (Å²) in [6, 6.07) is 0. The number of ether oxygens (including phenoxy) is 2. The molecule has 5 heteroatoms. The van der Waals surface area contributed by atoms with Gasteiger partial charge in [0.2, 0.25) is 0 Å². The summed E-state index contributed by atoms with van der Waals surface area (Å²) in [6.07, 6.45) is 2.09. The van der Waals surface area contributed by atoms with Crippen molar-refractivity contribution in [1.82, 2.24) is 0 Å². The van der Waals surface area contributed by atoms with E-state index in [9.17, 15) is 9.59 Å². The van der Waals surface area contributed by atoms with Crippen LogP contribution in [0.5, 0.6) is 0 Å². The normalized spacial score (nSPS) is 10.1. The molecule has 5 nitrogen and oxygen atoms in total. The van der Waals surface area contributed by atoms with Gasteiger partial charge in [-0.2, -0.15) is 0 Å². The van der Waals surface area contributed by atoms with Crippen LogP contribution in [0.4, 0.5) is 0 Å². The van der Waals surface area contributed by atoms with Gasteiger partial charge in [0.25, 0.3) is 0 Å². The number of esters is 2. The Morgan fingerprint density at radius 1 is 1.12 bits per heavy atom. The summed E-state index contributed by atoms with van der Waals surface area (Å²) < 4.78 is 9.90. The van der Waals surface area contributed by atoms with Crippen molar-refractivity contribution >= 4 is 11.9 Å². The van der Waals surface area contributed by atoms with E-state index in [1.165, 1.54) is 7.11 Å². The van der Waals surface area contributed by atoms with Gasteiger partial charge in [0.15, 0.2) is 0 Å². The molecule has 0 spiro atoms. The third kappa shape index (κ3) is 14.6. The Morgan fingerprint density at radius 2 is 1.59 bits per heavy atom. The molecule has 0 heterocycles. The number of rotatable bonds is 5. The zero-order valence-corrected chi connectivity index (χ0v) is 10.6. The number of nitrogens with zero attached hydrogens (tertiary/aromatic N) is 1. The predicted octanol–water partition coefficient (Wildman–Crippen LogP) is 1.05. The van der Waals surface area contributed by atoms with Crippen molar-refractivity contribution in [2.45, 2.75) is 7.43 Å². The van der Waals surface area contributed by atoms with Gasteiger partial charge >= 0.3 is 11.9 Å². The highest BCUT2D eigenvalue weighted by Gasteiger charge is 2.07. The lowest BCUT2D eigenvalue weighted by Crippen LogP contribution is -2.37. The zero-order valence-electron chi connectivity index (χ0n) is 10.6. The Bertz CT molecular complexity index is 254. The smallest absolute Gasteiger partial charge is 0.331 e. The molecular weight excluding hydrogens is 222 g/mol. The Morgan fingerprint density at radius 3 is 2.00 bits per heavy atom. The molecule has 0 saturated heterocycles. The molecule has 0 rings (SSSR count). The van der Waals surface area contributed by atoms with Crippen LogP contribution in [-0.2, 0) is 19.1 Å². The quantitative estimate of drug-likeness (QED) is 0.315. The lowest BCUT2D eigenvalue weighted by atomic mass is 10.5. The predicted molar refractivity (Wildman–Crippen MR) is 68.2 cm³/mol. The van der Waals surface area contributed by atoms with Crippen LogP contribution >= 0.6 is 0 Å². The first-order chi connectivity index (χ1) is 6.85. The van der Waals surface area contributed by atoms with Gasteiger partial charge in [-0.1, -0.05) is 7.43 Å². The number of carbonyl (C=O) groups excluding carboxylic acids is 2. The molecule has 0 aliphatic carbocycles. The summed E-state index contributed by atoms with van der Waals surface area (Å²) in [5.74, 6) is -1.10. The van der Waals surface area contributed by atoms with Gasteiger partial charge in [-0.15, -0.1) is 0 Å². The van der Waals surface area contributed by atoms with E-state index in [-0.39, 0.29) is 14.9 Å². The SMILES string of the molecule is C.COC(=O)/C=C/C(=O)OCC[N+](C)(C)C.[CH3-]. The molecule has 0 fully saturated rings. The van der Waals surface area contributed by atoms with Crippen molar-refractivity contribution in [3.05, 3.63) is 19.6 Å². The highest BCUT2D eigenvalue weighted by Crippen LogP contribution is 1.91. The molecule has 0 bridgehead atoms. The summed E-state index contributed by atoms with van der Waals surface area (Å²) >= 11 is 0. The Labute approximate surface area is 105 Å². The largest absolute Gasteiger partial charge is 0.466 e. The average Bonchev–Trinajstić information content (AvgIpc) is 2.12. The van der Waals surface area contributed by atoms with E-state index in [2.05, 4.69) is 4.74 Å². The van der Waals surface area contributed by atoms with E-state index in [1.54, 1.807) is 0 Å². The number of hydrogen-bond donors (Lipinski definition) is 0. The first kappa shape index (κ1) is 21.0. The summed E-state index contributed by atoms with van der Waals surface area (Å²) in [4.78, 5) is 21.7. The number of methoxy groups -OCH3 is 1. The summed E-state index contributed by atoms with van der Waals surface area (Å²) in [5.41, 5.74) is 0. The maximum atomic E-state index is 11.0. The molecule has 0 aliphatic rings. The van der Waals surface area contributed by atoms with E-state index in [0.29, 0.717) is 11.1 Å². The molecule has 0 aromatic heterocycles. The molecule has 0 aromatic carbocycles. The molecule has 0 atom stereocenters. The highest BCUT2D eigenvalue weighted by molar-refractivity contribution is 5.91. The Kier molecular flexibility index (Phi) is 12.1. The molecule has 0 unspecified atom stereocenters. The van der Waals surface area contributed by atoms with Gasteiger partial charge in [-0.25, -0.2) is 9.59 Å². The van der Waals surface area contributed by atoms with Crippen LogP contribution < -0.4 is 0 Å². The van der Waals surface area contributed by atoms with Gasteiger partial charge in [0.05, 0.1) is 28.3 Å². The summed E-state index contributed by atoms with van der Waals surface area (Å²) in [7, 11) is 7.24. The molecule has 102 valence electrons. The second-order valence-corrected chi connectivity index (χ2v) is 4.04. The van der Waals surface area contributed by atoms with Crippen molar-refractivity contribution in [2.24, 2.45) is 0 Å².